The highest BCUT2D eigenvalue weighted by atomic mass is 32.2. The third-order valence-corrected chi connectivity index (χ3v) is 3.71. The lowest BCUT2D eigenvalue weighted by atomic mass is 10.1. The molecule has 15 heavy (non-hydrogen) atoms. The molecular formula is C11H13F2NS. The molecule has 1 aliphatic heterocycles. The van der Waals surface area contributed by atoms with E-state index in [4.69, 9.17) is 0 Å². The summed E-state index contributed by atoms with van der Waals surface area (Å²) in [7, 11) is 0. The Morgan fingerprint density at radius 3 is 2.73 bits per heavy atom. The molecule has 82 valence electrons. The van der Waals surface area contributed by atoms with E-state index in [1.54, 1.807) is 11.8 Å². The fourth-order valence-electron chi connectivity index (χ4n) is 1.44. The maximum Gasteiger partial charge on any atom is 0.130 e. The molecule has 1 N–H and O–H groups in total. The van der Waals surface area contributed by atoms with Gasteiger partial charge in [-0.3, -0.25) is 0 Å². The first kappa shape index (κ1) is 10.9. The van der Waals surface area contributed by atoms with Gasteiger partial charge in [0.1, 0.15) is 11.6 Å². The summed E-state index contributed by atoms with van der Waals surface area (Å²) in [5, 5.41) is 3.19. The lowest BCUT2D eigenvalue weighted by Crippen LogP contribution is -2.43. The first-order chi connectivity index (χ1) is 7.25. The van der Waals surface area contributed by atoms with Gasteiger partial charge in [0, 0.05) is 11.8 Å². The maximum absolute atomic E-state index is 13.2. The number of rotatable bonds is 4. The Labute approximate surface area is 92.3 Å². The van der Waals surface area contributed by atoms with Crippen LogP contribution < -0.4 is 5.32 Å². The zero-order valence-corrected chi connectivity index (χ0v) is 9.12. The summed E-state index contributed by atoms with van der Waals surface area (Å²) in [6.45, 7) is 2.14. The molecular weight excluding hydrogens is 216 g/mol. The Morgan fingerprint density at radius 2 is 2.13 bits per heavy atom. The number of halogens is 2. The van der Waals surface area contributed by atoms with E-state index < -0.39 is 11.6 Å². The number of hydrogen-bond donors (Lipinski definition) is 1. The zero-order chi connectivity index (χ0) is 10.7. The van der Waals surface area contributed by atoms with Gasteiger partial charge in [0.2, 0.25) is 0 Å². The highest BCUT2D eigenvalue weighted by molar-refractivity contribution is 7.98. The van der Waals surface area contributed by atoms with Crippen molar-refractivity contribution in [1.29, 1.82) is 0 Å². The summed E-state index contributed by atoms with van der Waals surface area (Å²) in [5.41, 5.74) is 0.591. The second-order valence-corrected chi connectivity index (χ2v) is 4.81. The van der Waals surface area contributed by atoms with Crippen molar-refractivity contribution in [1.82, 2.24) is 5.32 Å². The van der Waals surface area contributed by atoms with Crippen LogP contribution in [-0.2, 0) is 5.75 Å². The average molecular weight is 229 g/mol. The van der Waals surface area contributed by atoms with Gasteiger partial charge in [0.05, 0.1) is 0 Å². The van der Waals surface area contributed by atoms with Crippen molar-refractivity contribution in [2.24, 2.45) is 5.92 Å². The van der Waals surface area contributed by atoms with E-state index in [-0.39, 0.29) is 0 Å². The van der Waals surface area contributed by atoms with Crippen LogP contribution in [0.4, 0.5) is 8.78 Å². The molecule has 0 saturated carbocycles. The summed E-state index contributed by atoms with van der Waals surface area (Å²) >= 11 is 1.71. The first-order valence-corrected chi connectivity index (χ1v) is 6.13. The largest absolute Gasteiger partial charge is 0.316 e. The molecule has 0 spiro atoms. The molecule has 0 radical (unpaired) electrons. The van der Waals surface area contributed by atoms with Gasteiger partial charge < -0.3 is 5.32 Å². The number of hydrogen-bond acceptors (Lipinski definition) is 2. The van der Waals surface area contributed by atoms with Gasteiger partial charge in [-0.25, -0.2) is 8.78 Å². The highest BCUT2D eigenvalue weighted by Gasteiger charge is 2.16. The Kier molecular flexibility index (Phi) is 3.59. The fourth-order valence-corrected chi connectivity index (χ4v) is 2.58. The van der Waals surface area contributed by atoms with Crippen LogP contribution in [0.15, 0.2) is 18.2 Å². The van der Waals surface area contributed by atoms with Crippen LogP contribution >= 0.6 is 11.8 Å². The molecule has 1 aromatic carbocycles. The van der Waals surface area contributed by atoms with Crippen LogP contribution in [0.3, 0.4) is 0 Å². The molecule has 2 rings (SSSR count). The minimum atomic E-state index is -0.510. The molecule has 0 bridgehead atoms. The van der Waals surface area contributed by atoms with E-state index in [0.29, 0.717) is 11.3 Å². The predicted molar refractivity (Wildman–Crippen MR) is 58.9 cm³/mol. The van der Waals surface area contributed by atoms with E-state index in [1.165, 1.54) is 12.1 Å². The van der Waals surface area contributed by atoms with Crippen molar-refractivity contribution in [3.63, 3.8) is 0 Å². The SMILES string of the molecule is Fc1ccc(CSCC2CNC2)c(F)c1. The minimum Gasteiger partial charge on any atom is -0.316 e. The van der Waals surface area contributed by atoms with Crippen molar-refractivity contribution < 1.29 is 8.78 Å². The van der Waals surface area contributed by atoms with Crippen molar-refractivity contribution >= 4 is 11.8 Å². The van der Waals surface area contributed by atoms with Crippen molar-refractivity contribution in [3.05, 3.63) is 35.4 Å². The molecule has 1 fully saturated rings. The van der Waals surface area contributed by atoms with Gasteiger partial charge in [-0.2, -0.15) is 11.8 Å². The number of thioether (sulfide) groups is 1. The van der Waals surface area contributed by atoms with Gasteiger partial charge in [0.15, 0.2) is 0 Å². The zero-order valence-electron chi connectivity index (χ0n) is 8.30. The van der Waals surface area contributed by atoms with Crippen molar-refractivity contribution in [3.8, 4) is 0 Å². The summed E-state index contributed by atoms with van der Waals surface area (Å²) in [6.07, 6.45) is 0. The molecule has 0 amide bonds. The van der Waals surface area contributed by atoms with Crippen LogP contribution in [0.2, 0.25) is 0 Å². The van der Waals surface area contributed by atoms with Crippen LogP contribution in [0, 0.1) is 17.6 Å². The molecule has 1 aromatic rings. The molecule has 0 aromatic heterocycles. The summed E-state index contributed by atoms with van der Waals surface area (Å²) in [5.74, 6) is 1.45. The van der Waals surface area contributed by atoms with E-state index in [9.17, 15) is 8.78 Å². The normalized spacial score (nSPS) is 16.4. The Bertz CT molecular complexity index is 339. The maximum atomic E-state index is 13.2. The minimum absolute atomic E-state index is 0.436. The second kappa shape index (κ2) is 4.94. The van der Waals surface area contributed by atoms with Crippen LogP contribution in [0.5, 0.6) is 0 Å². The smallest absolute Gasteiger partial charge is 0.130 e. The van der Waals surface area contributed by atoms with E-state index in [0.717, 1.165) is 30.8 Å². The summed E-state index contributed by atoms with van der Waals surface area (Å²) in [6, 6.07) is 3.78. The van der Waals surface area contributed by atoms with Crippen molar-refractivity contribution in [2.75, 3.05) is 18.8 Å². The molecule has 1 aliphatic rings. The van der Waals surface area contributed by atoms with Gasteiger partial charge in [-0.1, -0.05) is 6.07 Å². The molecule has 1 heterocycles. The summed E-state index contributed by atoms with van der Waals surface area (Å²) in [4.78, 5) is 0. The molecule has 1 nitrogen and oxygen atoms in total. The lowest BCUT2D eigenvalue weighted by molar-refractivity contribution is 0.385. The van der Waals surface area contributed by atoms with E-state index in [2.05, 4.69) is 5.32 Å². The topological polar surface area (TPSA) is 12.0 Å². The van der Waals surface area contributed by atoms with Gasteiger partial charge in [-0.15, -0.1) is 0 Å². The lowest BCUT2D eigenvalue weighted by Gasteiger charge is -2.26. The monoisotopic (exact) mass is 229 g/mol. The average Bonchev–Trinajstić information content (AvgIpc) is 2.12. The number of benzene rings is 1. The molecule has 4 heteroatoms. The highest BCUT2D eigenvalue weighted by Crippen LogP contribution is 2.20. The standard InChI is InChI=1S/C11H13F2NS/c12-10-2-1-9(11(13)3-10)7-15-6-8-4-14-5-8/h1-3,8,14H,4-7H2. The number of nitrogens with one attached hydrogen (secondary N) is 1. The van der Waals surface area contributed by atoms with Crippen LogP contribution in [0.25, 0.3) is 0 Å². The van der Waals surface area contributed by atoms with Crippen molar-refractivity contribution in [2.45, 2.75) is 5.75 Å². The first-order valence-electron chi connectivity index (χ1n) is 4.98. The molecule has 0 atom stereocenters. The fraction of sp³-hybridized carbons (Fsp3) is 0.455. The quantitative estimate of drug-likeness (QED) is 0.851. The van der Waals surface area contributed by atoms with Gasteiger partial charge in [0.25, 0.3) is 0 Å². The third kappa shape index (κ3) is 2.92. The van der Waals surface area contributed by atoms with E-state index in [1.807, 2.05) is 0 Å². The van der Waals surface area contributed by atoms with Crippen LogP contribution in [-0.4, -0.2) is 18.8 Å². The third-order valence-electron chi connectivity index (χ3n) is 2.49. The molecule has 0 aliphatic carbocycles. The predicted octanol–water partition coefficient (Wildman–Crippen LogP) is 2.42. The Hall–Kier alpha value is -0.610. The second-order valence-electron chi connectivity index (χ2n) is 3.78. The van der Waals surface area contributed by atoms with Gasteiger partial charge >= 0.3 is 0 Å². The van der Waals surface area contributed by atoms with Crippen LogP contribution in [0.1, 0.15) is 5.56 Å². The Morgan fingerprint density at radius 1 is 1.33 bits per heavy atom. The van der Waals surface area contributed by atoms with E-state index >= 15 is 0 Å². The molecule has 0 unspecified atom stereocenters. The Balaban J connectivity index is 1.81. The molecule has 1 saturated heterocycles. The van der Waals surface area contributed by atoms with Gasteiger partial charge in [-0.05, 0) is 36.4 Å². The summed E-state index contributed by atoms with van der Waals surface area (Å²) < 4.78 is 25.8.